The summed E-state index contributed by atoms with van der Waals surface area (Å²) in [5, 5.41) is 5.83. The van der Waals surface area contributed by atoms with Gasteiger partial charge in [-0.3, -0.25) is 4.79 Å². The van der Waals surface area contributed by atoms with E-state index in [1.54, 1.807) is 7.05 Å². The summed E-state index contributed by atoms with van der Waals surface area (Å²) in [6.07, 6.45) is 1.46. The molecule has 0 heterocycles. The van der Waals surface area contributed by atoms with Gasteiger partial charge < -0.3 is 20.3 Å². The Morgan fingerprint density at radius 1 is 1.25 bits per heavy atom. The number of hydrogen-bond acceptors (Lipinski definition) is 4. The van der Waals surface area contributed by atoms with Gasteiger partial charge in [0.2, 0.25) is 5.91 Å². The molecule has 0 aromatic heterocycles. The standard InChI is InChI=1S/C11H25N3O2/c1-12-11(15)5-4-6-13-7-9-16-10-8-14(2)3/h13H,4-10H2,1-3H3,(H,12,15). The normalized spacial score (nSPS) is 10.8. The first-order chi connectivity index (χ1) is 7.66. The fourth-order valence-corrected chi connectivity index (χ4v) is 1.12. The average molecular weight is 231 g/mol. The van der Waals surface area contributed by atoms with Gasteiger partial charge in [0.05, 0.1) is 13.2 Å². The molecular formula is C11H25N3O2. The van der Waals surface area contributed by atoms with Crippen LogP contribution in [0.25, 0.3) is 0 Å². The van der Waals surface area contributed by atoms with Crippen molar-refractivity contribution in [3.05, 3.63) is 0 Å². The van der Waals surface area contributed by atoms with Crippen LogP contribution < -0.4 is 10.6 Å². The fraction of sp³-hybridized carbons (Fsp3) is 0.909. The number of nitrogens with one attached hydrogen (secondary N) is 2. The Labute approximate surface area is 98.5 Å². The highest BCUT2D eigenvalue weighted by atomic mass is 16.5. The number of nitrogens with zero attached hydrogens (tertiary/aromatic N) is 1. The minimum Gasteiger partial charge on any atom is -0.379 e. The topological polar surface area (TPSA) is 53.6 Å². The summed E-state index contributed by atoms with van der Waals surface area (Å²) < 4.78 is 5.41. The highest BCUT2D eigenvalue weighted by Crippen LogP contribution is 1.85. The second-order valence-electron chi connectivity index (χ2n) is 3.94. The second kappa shape index (κ2) is 10.9. The minimum absolute atomic E-state index is 0.101. The molecule has 0 spiro atoms. The van der Waals surface area contributed by atoms with E-state index in [9.17, 15) is 4.79 Å². The number of ether oxygens (including phenoxy) is 1. The van der Waals surface area contributed by atoms with E-state index in [1.165, 1.54) is 0 Å². The van der Waals surface area contributed by atoms with Crippen LogP contribution in [0.3, 0.4) is 0 Å². The lowest BCUT2D eigenvalue weighted by atomic mass is 10.3. The lowest BCUT2D eigenvalue weighted by Crippen LogP contribution is -2.25. The van der Waals surface area contributed by atoms with Crippen molar-refractivity contribution in [3.63, 3.8) is 0 Å². The van der Waals surface area contributed by atoms with Gasteiger partial charge in [0.15, 0.2) is 0 Å². The fourth-order valence-electron chi connectivity index (χ4n) is 1.12. The summed E-state index contributed by atoms with van der Waals surface area (Å²) in [6.45, 7) is 4.17. The van der Waals surface area contributed by atoms with Crippen molar-refractivity contribution in [2.75, 3.05) is 54.0 Å². The third kappa shape index (κ3) is 11.4. The predicted octanol–water partition coefficient (Wildman–Crippen LogP) is -0.320. The molecule has 0 aliphatic heterocycles. The van der Waals surface area contributed by atoms with E-state index in [0.29, 0.717) is 6.42 Å². The highest BCUT2D eigenvalue weighted by molar-refractivity contribution is 5.75. The third-order valence-electron chi connectivity index (χ3n) is 2.14. The quantitative estimate of drug-likeness (QED) is 0.506. The van der Waals surface area contributed by atoms with E-state index in [-0.39, 0.29) is 5.91 Å². The Kier molecular flexibility index (Phi) is 10.4. The molecule has 0 unspecified atom stereocenters. The Balaban J connectivity index is 3.01. The van der Waals surface area contributed by atoms with Gasteiger partial charge in [-0.25, -0.2) is 0 Å². The van der Waals surface area contributed by atoms with Crippen molar-refractivity contribution in [3.8, 4) is 0 Å². The van der Waals surface area contributed by atoms with Crippen molar-refractivity contribution < 1.29 is 9.53 Å². The lowest BCUT2D eigenvalue weighted by molar-refractivity contribution is -0.120. The number of amides is 1. The van der Waals surface area contributed by atoms with E-state index in [2.05, 4.69) is 15.5 Å². The summed E-state index contributed by atoms with van der Waals surface area (Å²) in [7, 11) is 5.72. The van der Waals surface area contributed by atoms with Crippen LogP contribution in [0.15, 0.2) is 0 Å². The zero-order valence-electron chi connectivity index (χ0n) is 10.7. The Bertz CT molecular complexity index is 175. The van der Waals surface area contributed by atoms with E-state index in [4.69, 9.17) is 4.74 Å². The van der Waals surface area contributed by atoms with Crippen molar-refractivity contribution in [1.29, 1.82) is 0 Å². The molecular weight excluding hydrogens is 206 g/mol. The molecule has 0 aliphatic rings. The summed E-state index contributed by atoms with van der Waals surface area (Å²) in [4.78, 5) is 13.0. The molecule has 5 nitrogen and oxygen atoms in total. The van der Waals surface area contributed by atoms with Crippen LogP contribution in [0.4, 0.5) is 0 Å². The maximum atomic E-state index is 10.9. The van der Waals surface area contributed by atoms with Gasteiger partial charge in [-0.05, 0) is 27.1 Å². The molecule has 0 aromatic carbocycles. The summed E-state index contributed by atoms with van der Waals surface area (Å²) in [5.74, 6) is 0.101. The van der Waals surface area contributed by atoms with Crippen LogP contribution in [0.1, 0.15) is 12.8 Å². The third-order valence-corrected chi connectivity index (χ3v) is 2.14. The van der Waals surface area contributed by atoms with Crippen LogP contribution in [-0.2, 0) is 9.53 Å². The molecule has 1 amide bonds. The van der Waals surface area contributed by atoms with Crippen LogP contribution in [0, 0.1) is 0 Å². The minimum atomic E-state index is 0.101. The zero-order chi connectivity index (χ0) is 12.2. The molecule has 16 heavy (non-hydrogen) atoms. The molecule has 0 saturated carbocycles. The van der Waals surface area contributed by atoms with Crippen LogP contribution in [0.5, 0.6) is 0 Å². The van der Waals surface area contributed by atoms with Crippen molar-refractivity contribution >= 4 is 5.91 Å². The first-order valence-electron chi connectivity index (χ1n) is 5.80. The van der Waals surface area contributed by atoms with Crippen molar-refractivity contribution in [2.24, 2.45) is 0 Å². The largest absolute Gasteiger partial charge is 0.379 e. The molecule has 0 fully saturated rings. The molecule has 2 N–H and O–H groups in total. The van der Waals surface area contributed by atoms with Gasteiger partial charge in [-0.2, -0.15) is 0 Å². The molecule has 0 rings (SSSR count). The molecule has 0 saturated heterocycles. The maximum Gasteiger partial charge on any atom is 0.219 e. The Morgan fingerprint density at radius 3 is 2.62 bits per heavy atom. The van der Waals surface area contributed by atoms with E-state index in [1.807, 2.05) is 14.1 Å². The van der Waals surface area contributed by atoms with Crippen molar-refractivity contribution in [1.82, 2.24) is 15.5 Å². The molecule has 96 valence electrons. The SMILES string of the molecule is CNC(=O)CCCNCCOCCN(C)C. The Hall–Kier alpha value is -0.650. The highest BCUT2D eigenvalue weighted by Gasteiger charge is 1.96. The van der Waals surface area contributed by atoms with E-state index < -0.39 is 0 Å². The predicted molar refractivity (Wildman–Crippen MR) is 65.5 cm³/mol. The van der Waals surface area contributed by atoms with Gasteiger partial charge in [0, 0.05) is 26.6 Å². The van der Waals surface area contributed by atoms with Gasteiger partial charge in [-0.1, -0.05) is 0 Å². The van der Waals surface area contributed by atoms with Crippen LogP contribution in [0.2, 0.25) is 0 Å². The first kappa shape index (κ1) is 15.3. The first-order valence-corrected chi connectivity index (χ1v) is 5.80. The number of carbonyl (C=O) groups excluding carboxylic acids is 1. The van der Waals surface area contributed by atoms with Gasteiger partial charge in [-0.15, -0.1) is 0 Å². The van der Waals surface area contributed by atoms with Gasteiger partial charge in [0.25, 0.3) is 0 Å². The lowest BCUT2D eigenvalue weighted by Gasteiger charge is -2.10. The zero-order valence-corrected chi connectivity index (χ0v) is 10.7. The summed E-state index contributed by atoms with van der Waals surface area (Å²) >= 11 is 0. The van der Waals surface area contributed by atoms with E-state index >= 15 is 0 Å². The maximum absolute atomic E-state index is 10.9. The number of likely N-dealkylation sites (N-methyl/N-ethyl adjacent to an activating group) is 1. The van der Waals surface area contributed by atoms with Gasteiger partial charge >= 0.3 is 0 Å². The second-order valence-corrected chi connectivity index (χ2v) is 3.94. The summed E-state index contributed by atoms with van der Waals surface area (Å²) in [5.41, 5.74) is 0. The van der Waals surface area contributed by atoms with Crippen molar-refractivity contribution in [2.45, 2.75) is 12.8 Å². The molecule has 0 radical (unpaired) electrons. The smallest absolute Gasteiger partial charge is 0.219 e. The monoisotopic (exact) mass is 231 g/mol. The molecule has 0 atom stereocenters. The average Bonchev–Trinajstić information content (AvgIpc) is 2.26. The molecule has 0 aromatic rings. The van der Waals surface area contributed by atoms with Crippen LogP contribution >= 0.6 is 0 Å². The van der Waals surface area contributed by atoms with Gasteiger partial charge in [0.1, 0.15) is 0 Å². The number of rotatable bonds is 10. The Morgan fingerprint density at radius 2 is 2.00 bits per heavy atom. The molecule has 5 heteroatoms. The van der Waals surface area contributed by atoms with Crippen LogP contribution in [-0.4, -0.2) is 64.8 Å². The van der Waals surface area contributed by atoms with E-state index in [0.717, 1.165) is 39.3 Å². The summed E-state index contributed by atoms with van der Waals surface area (Å²) in [6, 6.07) is 0. The number of carbonyl (C=O) groups is 1. The number of hydrogen-bond donors (Lipinski definition) is 2. The molecule has 0 bridgehead atoms. The molecule has 0 aliphatic carbocycles.